The molecule has 0 fully saturated rings. The molecule has 144 valence electrons. The molecular formula is C20H24N2O4S. The molecule has 0 aliphatic carbocycles. The zero-order valence-electron chi connectivity index (χ0n) is 15.6. The fraction of sp³-hybridized carbons (Fsp3) is 0.350. The van der Waals surface area contributed by atoms with Crippen molar-refractivity contribution in [2.45, 2.75) is 26.7 Å². The van der Waals surface area contributed by atoms with E-state index in [9.17, 15) is 14.4 Å². The summed E-state index contributed by atoms with van der Waals surface area (Å²) < 4.78 is 5.00. The highest BCUT2D eigenvalue weighted by Crippen LogP contribution is 2.13. The van der Waals surface area contributed by atoms with Gasteiger partial charge in [-0.3, -0.25) is 14.4 Å². The zero-order chi connectivity index (χ0) is 19.6. The molecule has 2 aromatic rings. The minimum atomic E-state index is -0.438. The fourth-order valence-corrected chi connectivity index (χ4v) is 3.23. The number of anilines is 1. The van der Waals surface area contributed by atoms with Crippen LogP contribution in [0.5, 0.6) is 0 Å². The van der Waals surface area contributed by atoms with E-state index in [2.05, 4.69) is 5.32 Å². The largest absolute Gasteiger partial charge is 0.456 e. The first-order valence-electron chi connectivity index (χ1n) is 8.90. The van der Waals surface area contributed by atoms with Gasteiger partial charge in [0, 0.05) is 29.2 Å². The van der Waals surface area contributed by atoms with Crippen LogP contribution in [0.2, 0.25) is 0 Å². The van der Waals surface area contributed by atoms with Crippen molar-refractivity contribution in [3.05, 3.63) is 52.2 Å². The van der Waals surface area contributed by atoms with Crippen LogP contribution in [0.1, 0.15) is 35.5 Å². The standard InChI is InChI=1S/C20H24N2O4S/c1-3-22(4-2)20(25)15-7-5-8-16(13-15)21-18(23)14-26-19(24)11-10-17-9-6-12-27-17/h5-9,12-13H,3-4,10-11,14H2,1-2H3,(H,21,23). The molecule has 0 spiro atoms. The number of esters is 1. The van der Waals surface area contributed by atoms with Gasteiger partial charge in [-0.15, -0.1) is 11.3 Å². The molecule has 1 N–H and O–H groups in total. The maximum Gasteiger partial charge on any atom is 0.306 e. The molecule has 2 amide bonds. The molecule has 0 radical (unpaired) electrons. The van der Waals surface area contributed by atoms with E-state index in [-0.39, 0.29) is 18.9 Å². The first-order chi connectivity index (χ1) is 13.0. The maximum atomic E-state index is 12.4. The number of hydrogen-bond acceptors (Lipinski definition) is 5. The highest BCUT2D eigenvalue weighted by molar-refractivity contribution is 7.09. The van der Waals surface area contributed by atoms with Crippen LogP contribution in [0.3, 0.4) is 0 Å². The Morgan fingerprint density at radius 2 is 1.89 bits per heavy atom. The van der Waals surface area contributed by atoms with Crippen LogP contribution in [0.4, 0.5) is 5.69 Å². The Labute approximate surface area is 163 Å². The number of rotatable bonds is 9. The Bertz CT molecular complexity index is 770. The first kappa shape index (κ1) is 20.6. The molecule has 1 aromatic carbocycles. The lowest BCUT2D eigenvalue weighted by atomic mass is 10.1. The molecule has 7 heteroatoms. The van der Waals surface area contributed by atoms with Crippen LogP contribution < -0.4 is 5.32 Å². The number of nitrogens with zero attached hydrogens (tertiary/aromatic N) is 1. The van der Waals surface area contributed by atoms with Crippen molar-refractivity contribution in [1.82, 2.24) is 4.90 Å². The highest BCUT2D eigenvalue weighted by Gasteiger charge is 2.14. The summed E-state index contributed by atoms with van der Waals surface area (Å²) in [5.41, 5.74) is 0.997. The summed E-state index contributed by atoms with van der Waals surface area (Å²) >= 11 is 1.58. The Hall–Kier alpha value is -2.67. The van der Waals surface area contributed by atoms with Gasteiger partial charge in [0.15, 0.2) is 6.61 Å². The number of ether oxygens (including phenoxy) is 1. The lowest BCUT2D eigenvalue weighted by Gasteiger charge is -2.19. The van der Waals surface area contributed by atoms with E-state index in [4.69, 9.17) is 4.74 Å². The van der Waals surface area contributed by atoms with Crippen molar-refractivity contribution in [3.63, 3.8) is 0 Å². The van der Waals surface area contributed by atoms with Gasteiger partial charge in [0.05, 0.1) is 6.42 Å². The van der Waals surface area contributed by atoms with Gasteiger partial charge in [-0.1, -0.05) is 12.1 Å². The van der Waals surface area contributed by atoms with E-state index in [0.717, 1.165) is 4.88 Å². The molecule has 6 nitrogen and oxygen atoms in total. The maximum absolute atomic E-state index is 12.4. The van der Waals surface area contributed by atoms with Gasteiger partial charge >= 0.3 is 5.97 Å². The molecule has 1 aromatic heterocycles. The normalized spacial score (nSPS) is 10.3. The third-order valence-electron chi connectivity index (χ3n) is 3.96. The summed E-state index contributed by atoms with van der Waals surface area (Å²) in [6, 6.07) is 10.6. The molecule has 0 bridgehead atoms. The van der Waals surface area contributed by atoms with Crippen molar-refractivity contribution < 1.29 is 19.1 Å². The molecule has 27 heavy (non-hydrogen) atoms. The van der Waals surface area contributed by atoms with Crippen molar-refractivity contribution in [1.29, 1.82) is 0 Å². The predicted molar refractivity (Wildman–Crippen MR) is 106 cm³/mol. The summed E-state index contributed by atoms with van der Waals surface area (Å²) in [5, 5.41) is 4.60. The first-order valence-corrected chi connectivity index (χ1v) is 9.78. The smallest absolute Gasteiger partial charge is 0.306 e. The van der Waals surface area contributed by atoms with Gasteiger partial charge in [0.25, 0.3) is 11.8 Å². The molecule has 0 aliphatic heterocycles. The minimum Gasteiger partial charge on any atom is -0.456 e. The Morgan fingerprint density at radius 3 is 2.56 bits per heavy atom. The number of aryl methyl sites for hydroxylation is 1. The van der Waals surface area contributed by atoms with Crippen LogP contribution in [-0.2, 0) is 20.7 Å². The average Bonchev–Trinajstić information content (AvgIpc) is 3.19. The van der Waals surface area contributed by atoms with Crippen molar-refractivity contribution >= 4 is 34.8 Å². The van der Waals surface area contributed by atoms with Gasteiger partial charge in [0.1, 0.15) is 0 Å². The molecule has 0 atom stereocenters. The van der Waals surface area contributed by atoms with Gasteiger partial charge < -0.3 is 15.0 Å². The number of amides is 2. The monoisotopic (exact) mass is 388 g/mol. The number of benzene rings is 1. The zero-order valence-corrected chi connectivity index (χ0v) is 16.4. The van der Waals surface area contributed by atoms with Gasteiger partial charge in [-0.25, -0.2) is 0 Å². The van der Waals surface area contributed by atoms with Crippen molar-refractivity contribution in [3.8, 4) is 0 Å². The van der Waals surface area contributed by atoms with Crippen LogP contribution in [0, 0.1) is 0 Å². The van der Waals surface area contributed by atoms with Crippen LogP contribution in [0.15, 0.2) is 41.8 Å². The van der Waals surface area contributed by atoms with Crippen molar-refractivity contribution in [2.24, 2.45) is 0 Å². The Balaban J connectivity index is 1.82. The minimum absolute atomic E-state index is 0.0869. The quantitative estimate of drug-likeness (QED) is 0.669. The van der Waals surface area contributed by atoms with E-state index < -0.39 is 11.9 Å². The number of carbonyl (C=O) groups excluding carboxylic acids is 3. The fourth-order valence-electron chi connectivity index (χ4n) is 2.52. The van der Waals surface area contributed by atoms with Crippen LogP contribution in [-0.4, -0.2) is 42.4 Å². The summed E-state index contributed by atoms with van der Waals surface area (Å²) in [6.45, 7) is 4.72. The van der Waals surface area contributed by atoms with Gasteiger partial charge in [-0.2, -0.15) is 0 Å². The SMILES string of the molecule is CCN(CC)C(=O)c1cccc(NC(=O)COC(=O)CCc2cccs2)c1. The number of nitrogens with one attached hydrogen (secondary N) is 1. The molecule has 0 unspecified atom stereocenters. The van der Waals surface area contributed by atoms with Gasteiger partial charge in [-0.05, 0) is 49.9 Å². The lowest BCUT2D eigenvalue weighted by Crippen LogP contribution is -2.30. The predicted octanol–water partition coefficient (Wildman–Crippen LogP) is 3.34. The van der Waals surface area contributed by atoms with Crippen molar-refractivity contribution in [2.75, 3.05) is 25.0 Å². The molecule has 0 saturated carbocycles. The third kappa shape index (κ3) is 6.53. The summed E-state index contributed by atoms with van der Waals surface area (Å²) in [6.07, 6.45) is 0.843. The molecule has 1 heterocycles. The number of thiophene rings is 1. The van der Waals surface area contributed by atoms with E-state index in [1.165, 1.54) is 0 Å². The Morgan fingerprint density at radius 1 is 1.11 bits per heavy atom. The second-order valence-corrected chi connectivity index (χ2v) is 6.88. The Kier molecular flexibility index (Phi) is 8.00. The lowest BCUT2D eigenvalue weighted by molar-refractivity contribution is -0.147. The van der Waals surface area contributed by atoms with E-state index in [1.54, 1.807) is 40.5 Å². The second kappa shape index (κ2) is 10.5. The van der Waals surface area contributed by atoms with E-state index >= 15 is 0 Å². The summed E-state index contributed by atoms with van der Waals surface area (Å²) in [5.74, 6) is -0.938. The second-order valence-electron chi connectivity index (χ2n) is 5.85. The summed E-state index contributed by atoms with van der Waals surface area (Å²) in [4.78, 5) is 38.9. The molecule has 0 saturated heterocycles. The number of carbonyl (C=O) groups is 3. The van der Waals surface area contributed by atoms with Crippen LogP contribution in [0.25, 0.3) is 0 Å². The number of hydrogen-bond donors (Lipinski definition) is 1. The third-order valence-corrected chi connectivity index (χ3v) is 4.90. The van der Waals surface area contributed by atoms with Gasteiger partial charge in [0.2, 0.25) is 0 Å². The average molecular weight is 388 g/mol. The van der Waals surface area contributed by atoms with Crippen LogP contribution >= 0.6 is 11.3 Å². The molecular weight excluding hydrogens is 364 g/mol. The topological polar surface area (TPSA) is 75.7 Å². The van der Waals surface area contributed by atoms with E-state index in [0.29, 0.717) is 30.8 Å². The summed E-state index contributed by atoms with van der Waals surface area (Å²) in [7, 11) is 0. The highest BCUT2D eigenvalue weighted by atomic mass is 32.1. The van der Waals surface area contributed by atoms with E-state index in [1.807, 2.05) is 31.4 Å². The molecule has 2 rings (SSSR count). The molecule has 0 aliphatic rings.